The molecule has 0 bridgehead atoms. The summed E-state index contributed by atoms with van der Waals surface area (Å²) in [6.07, 6.45) is 4.49. The maximum absolute atomic E-state index is 12.3. The van der Waals surface area contributed by atoms with Crippen molar-refractivity contribution in [2.45, 2.75) is 31.0 Å². The van der Waals surface area contributed by atoms with Crippen LogP contribution in [0.25, 0.3) is 0 Å². The van der Waals surface area contributed by atoms with E-state index in [0.717, 1.165) is 30.8 Å². The molecule has 0 radical (unpaired) electrons. The normalized spacial score (nSPS) is 10.6. The minimum absolute atomic E-state index is 0.124. The minimum atomic E-state index is -0.124. The van der Waals surface area contributed by atoms with E-state index in [1.54, 1.807) is 31.4 Å². The highest BCUT2D eigenvalue weighted by atomic mass is 35.5. The third-order valence-electron chi connectivity index (χ3n) is 4.57. The second kappa shape index (κ2) is 11.6. The van der Waals surface area contributed by atoms with Gasteiger partial charge in [-0.25, -0.2) is 0 Å². The van der Waals surface area contributed by atoms with Crippen molar-refractivity contribution < 1.29 is 9.53 Å². The Bertz CT molecular complexity index is 1020. The first-order chi connectivity index (χ1) is 15.1. The standard InChI is InChI=1S/C23H25ClN4O2S/c1-3-14-28-21(9-4-6-17-10-12-20(30-2)13-11-17)26-27-23(28)31-16-22(29)25-19-8-5-7-18(24)15-19/h3,5,7-8,10-13,15H,1,4,6,9,14,16H2,2H3,(H,25,29). The highest BCUT2D eigenvalue weighted by Gasteiger charge is 2.13. The molecule has 0 fully saturated rings. The first-order valence-electron chi connectivity index (χ1n) is 9.93. The van der Waals surface area contributed by atoms with Crippen molar-refractivity contribution in [2.75, 3.05) is 18.2 Å². The Kier molecular flexibility index (Phi) is 8.55. The van der Waals surface area contributed by atoms with Crippen LogP contribution in [-0.2, 0) is 24.2 Å². The predicted octanol–water partition coefficient (Wildman–Crippen LogP) is 5.03. The fourth-order valence-electron chi connectivity index (χ4n) is 3.06. The summed E-state index contributed by atoms with van der Waals surface area (Å²) in [6.45, 7) is 4.43. The van der Waals surface area contributed by atoms with Gasteiger partial charge in [0, 0.05) is 23.7 Å². The molecule has 0 aliphatic heterocycles. The van der Waals surface area contributed by atoms with Gasteiger partial charge in [0.05, 0.1) is 12.9 Å². The van der Waals surface area contributed by atoms with Crippen molar-refractivity contribution in [1.82, 2.24) is 14.8 Å². The second-order valence-electron chi connectivity index (χ2n) is 6.85. The fourth-order valence-corrected chi connectivity index (χ4v) is 4.02. The van der Waals surface area contributed by atoms with Gasteiger partial charge in [-0.2, -0.15) is 0 Å². The molecule has 0 saturated carbocycles. The molecule has 0 spiro atoms. The molecule has 6 nitrogen and oxygen atoms in total. The largest absolute Gasteiger partial charge is 0.497 e. The van der Waals surface area contributed by atoms with E-state index in [0.29, 0.717) is 22.4 Å². The molecule has 1 heterocycles. The van der Waals surface area contributed by atoms with E-state index in [1.807, 2.05) is 22.8 Å². The smallest absolute Gasteiger partial charge is 0.234 e. The van der Waals surface area contributed by atoms with Crippen molar-refractivity contribution in [3.05, 3.63) is 77.6 Å². The molecule has 31 heavy (non-hydrogen) atoms. The summed E-state index contributed by atoms with van der Waals surface area (Å²) in [7, 11) is 1.66. The molecule has 2 aromatic carbocycles. The number of ether oxygens (including phenoxy) is 1. The number of halogens is 1. The van der Waals surface area contributed by atoms with Gasteiger partial charge in [0.1, 0.15) is 11.6 Å². The van der Waals surface area contributed by atoms with Gasteiger partial charge in [0.15, 0.2) is 5.16 Å². The van der Waals surface area contributed by atoms with Crippen LogP contribution in [0.4, 0.5) is 5.69 Å². The summed E-state index contributed by atoms with van der Waals surface area (Å²) in [4.78, 5) is 12.3. The van der Waals surface area contributed by atoms with Gasteiger partial charge in [0.25, 0.3) is 0 Å². The molecule has 3 rings (SSSR count). The van der Waals surface area contributed by atoms with Gasteiger partial charge < -0.3 is 14.6 Å². The summed E-state index contributed by atoms with van der Waals surface area (Å²) in [5, 5.41) is 12.8. The van der Waals surface area contributed by atoms with Gasteiger partial charge in [-0.05, 0) is 48.7 Å². The molecular formula is C23H25ClN4O2S. The summed E-state index contributed by atoms with van der Waals surface area (Å²) in [6, 6.07) is 15.2. The SMILES string of the molecule is C=CCn1c(CCCc2ccc(OC)cc2)nnc1SCC(=O)Nc1cccc(Cl)c1. The number of anilines is 1. The zero-order valence-electron chi connectivity index (χ0n) is 17.4. The van der Waals surface area contributed by atoms with Crippen LogP contribution in [0.3, 0.4) is 0 Å². The van der Waals surface area contributed by atoms with E-state index in [9.17, 15) is 4.79 Å². The maximum atomic E-state index is 12.3. The van der Waals surface area contributed by atoms with Crippen LogP contribution in [0.15, 0.2) is 66.3 Å². The molecule has 8 heteroatoms. The lowest BCUT2D eigenvalue weighted by atomic mass is 10.1. The lowest BCUT2D eigenvalue weighted by Gasteiger charge is -2.08. The number of carbonyl (C=O) groups is 1. The van der Waals surface area contributed by atoms with E-state index < -0.39 is 0 Å². The quantitative estimate of drug-likeness (QED) is 0.323. The number of nitrogens with zero attached hydrogens (tertiary/aromatic N) is 3. The topological polar surface area (TPSA) is 69.0 Å². The number of thioether (sulfide) groups is 1. The first-order valence-corrected chi connectivity index (χ1v) is 11.3. The van der Waals surface area contributed by atoms with Crippen LogP contribution in [0.5, 0.6) is 5.75 Å². The average molecular weight is 457 g/mol. The van der Waals surface area contributed by atoms with Crippen LogP contribution in [0.1, 0.15) is 17.8 Å². The Hall–Kier alpha value is -2.77. The second-order valence-corrected chi connectivity index (χ2v) is 8.23. The minimum Gasteiger partial charge on any atom is -0.497 e. The number of amides is 1. The molecule has 1 amide bonds. The van der Waals surface area contributed by atoms with E-state index in [1.165, 1.54) is 17.3 Å². The monoisotopic (exact) mass is 456 g/mol. The van der Waals surface area contributed by atoms with E-state index in [4.69, 9.17) is 16.3 Å². The molecule has 0 unspecified atom stereocenters. The molecule has 162 valence electrons. The number of aryl methyl sites for hydroxylation is 2. The Morgan fingerprint density at radius 3 is 2.74 bits per heavy atom. The molecule has 1 N–H and O–H groups in total. The summed E-state index contributed by atoms with van der Waals surface area (Å²) >= 11 is 7.32. The Morgan fingerprint density at radius 2 is 2.03 bits per heavy atom. The van der Waals surface area contributed by atoms with Crippen LogP contribution < -0.4 is 10.1 Å². The number of rotatable bonds is 11. The van der Waals surface area contributed by atoms with Gasteiger partial charge in [-0.3, -0.25) is 4.79 Å². The number of nitrogens with one attached hydrogen (secondary N) is 1. The molecule has 0 atom stereocenters. The zero-order valence-corrected chi connectivity index (χ0v) is 19.0. The summed E-state index contributed by atoms with van der Waals surface area (Å²) < 4.78 is 7.21. The molecule has 0 aliphatic rings. The van der Waals surface area contributed by atoms with Crippen molar-refractivity contribution >= 4 is 35.0 Å². The average Bonchev–Trinajstić information content (AvgIpc) is 3.14. The summed E-state index contributed by atoms with van der Waals surface area (Å²) in [5.41, 5.74) is 1.92. The van der Waals surface area contributed by atoms with E-state index in [-0.39, 0.29) is 11.7 Å². The Balaban J connectivity index is 1.55. The Labute approximate surface area is 191 Å². The Morgan fingerprint density at radius 1 is 1.23 bits per heavy atom. The van der Waals surface area contributed by atoms with Gasteiger partial charge >= 0.3 is 0 Å². The molecular weight excluding hydrogens is 432 g/mol. The van der Waals surface area contributed by atoms with Crippen LogP contribution in [-0.4, -0.2) is 33.5 Å². The zero-order chi connectivity index (χ0) is 22.1. The highest BCUT2D eigenvalue weighted by Crippen LogP contribution is 2.20. The highest BCUT2D eigenvalue weighted by molar-refractivity contribution is 7.99. The van der Waals surface area contributed by atoms with Crippen molar-refractivity contribution in [3.8, 4) is 5.75 Å². The fraction of sp³-hybridized carbons (Fsp3) is 0.261. The number of aromatic nitrogens is 3. The lowest BCUT2D eigenvalue weighted by Crippen LogP contribution is -2.14. The van der Waals surface area contributed by atoms with Crippen molar-refractivity contribution in [3.63, 3.8) is 0 Å². The third-order valence-corrected chi connectivity index (χ3v) is 5.77. The van der Waals surface area contributed by atoms with Gasteiger partial charge in [-0.15, -0.1) is 16.8 Å². The van der Waals surface area contributed by atoms with Crippen LogP contribution >= 0.6 is 23.4 Å². The maximum Gasteiger partial charge on any atom is 0.234 e. The number of allylic oxidation sites excluding steroid dienone is 1. The summed E-state index contributed by atoms with van der Waals surface area (Å²) in [5.74, 6) is 1.86. The molecule has 0 aliphatic carbocycles. The van der Waals surface area contributed by atoms with Gasteiger partial charge in [-0.1, -0.05) is 47.6 Å². The van der Waals surface area contributed by atoms with E-state index in [2.05, 4.69) is 34.2 Å². The van der Waals surface area contributed by atoms with Crippen molar-refractivity contribution in [1.29, 1.82) is 0 Å². The number of methoxy groups -OCH3 is 1. The first kappa shape index (κ1) is 22.9. The molecule has 0 saturated heterocycles. The predicted molar refractivity (Wildman–Crippen MR) is 126 cm³/mol. The van der Waals surface area contributed by atoms with Crippen molar-refractivity contribution in [2.24, 2.45) is 0 Å². The number of carbonyl (C=O) groups excluding carboxylic acids is 1. The number of hydrogen-bond donors (Lipinski definition) is 1. The molecule has 1 aromatic heterocycles. The molecule has 3 aromatic rings. The van der Waals surface area contributed by atoms with Crippen LogP contribution in [0.2, 0.25) is 5.02 Å². The third kappa shape index (κ3) is 6.87. The van der Waals surface area contributed by atoms with Gasteiger partial charge in [0.2, 0.25) is 5.91 Å². The number of benzene rings is 2. The number of hydrogen-bond acceptors (Lipinski definition) is 5. The van der Waals surface area contributed by atoms with E-state index >= 15 is 0 Å². The van der Waals surface area contributed by atoms with Crippen LogP contribution in [0, 0.1) is 0 Å². The lowest BCUT2D eigenvalue weighted by molar-refractivity contribution is -0.113.